The molecule has 1 N–H and O–H groups in total. The highest BCUT2D eigenvalue weighted by Crippen LogP contribution is 2.30. The van der Waals surface area contributed by atoms with E-state index in [1.54, 1.807) is 17.8 Å². The van der Waals surface area contributed by atoms with Crippen LogP contribution in [-0.4, -0.2) is 5.11 Å². The molecular formula is C13H10ClOS. The Kier molecular flexibility index (Phi) is 3.88. The number of halogens is 1. The summed E-state index contributed by atoms with van der Waals surface area (Å²) in [5, 5.41) is 9.88. The van der Waals surface area contributed by atoms with Crippen molar-refractivity contribution >= 4 is 23.4 Å². The molecule has 3 heteroatoms. The van der Waals surface area contributed by atoms with E-state index in [9.17, 15) is 5.11 Å². The highest BCUT2D eigenvalue weighted by molar-refractivity contribution is 7.99. The van der Waals surface area contributed by atoms with Gasteiger partial charge in [-0.05, 0) is 35.9 Å². The fourth-order valence-corrected chi connectivity index (χ4v) is 2.33. The van der Waals surface area contributed by atoms with Crippen molar-refractivity contribution in [3.63, 3.8) is 0 Å². The Labute approximate surface area is 104 Å². The zero-order chi connectivity index (χ0) is 11.4. The van der Waals surface area contributed by atoms with Gasteiger partial charge in [-0.3, -0.25) is 0 Å². The van der Waals surface area contributed by atoms with Gasteiger partial charge in [0.1, 0.15) is 0 Å². The Hall–Kier alpha value is -0.960. The van der Waals surface area contributed by atoms with Crippen molar-refractivity contribution in [3.8, 4) is 0 Å². The SMILES string of the molecule is OCc1ccccc1Sc1[c]cc(Cl)cc1. The summed E-state index contributed by atoms with van der Waals surface area (Å²) in [4.78, 5) is 2.04. The molecule has 0 unspecified atom stereocenters. The van der Waals surface area contributed by atoms with Crippen LogP contribution >= 0.6 is 23.4 Å². The molecule has 0 amide bonds. The Morgan fingerprint density at radius 1 is 1.19 bits per heavy atom. The van der Waals surface area contributed by atoms with Gasteiger partial charge < -0.3 is 5.11 Å². The van der Waals surface area contributed by atoms with E-state index >= 15 is 0 Å². The van der Waals surface area contributed by atoms with Gasteiger partial charge in [0.05, 0.1) is 6.61 Å². The molecule has 1 radical (unpaired) electrons. The smallest absolute Gasteiger partial charge is 0.0692 e. The quantitative estimate of drug-likeness (QED) is 0.893. The van der Waals surface area contributed by atoms with Gasteiger partial charge in [-0.15, -0.1) is 0 Å². The van der Waals surface area contributed by atoms with Gasteiger partial charge in [-0.2, -0.15) is 0 Å². The Morgan fingerprint density at radius 3 is 2.69 bits per heavy atom. The van der Waals surface area contributed by atoms with Crippen LogP contribution in [0.25, 0.3) is 0 Å². The summed E-state index contributed by atoms with van der Waals surface area (Å²) in [5.41, 5.74) is 0.927. The molecule has 0 aliphatic heterocycles. The number of aliphatic hydroxyl groups excluding tert-OH is 1. The molecule has 0 aliphatic rings. The first-order valence-corrected chi connectivity index (χ1v) is 6.03. The molecule has 1 nitrogen and oxygen atoms in total. The molecule has 0 saturated carbocycles. The van der Waals surface area contributed by atoms with Crippen molar-refractivity contribution in [1.82, 2.24) is 0 Å². The van der Waals surface area contributed by atoms with Crippen LogP contribution in [-0.2, 0) is 6.61 Å². The van der Waals surface area contributed by atoms with Crippen LogP contribution in [0.3, 0.4) is 0 Å². The molecule has 0 atom stereocenters. The third-order valence-corrected chi connectivity index (χ3v) is 3.44. The summed E-state index contributed by atoms with van der Waals surface area (Å²) >= 11 is 7.37. The molecule has 0 bridgehead atoms. The van der Waals surface area contributed by atoms with E-state index in [2.05, 4.69) is 6.07 Å². The first-order chi connectivity index (χ1) is 7.79. The number of aliphatic hydroxyl groups is 1. The maximum atomic E-state index is 9.20. The van der Waals surface area contributed by atoms with Crippen molar-refractivity contribution in [2.24, 2.45) is 0 Å². The maximum absolute atomic E-state index is 9.20. The standard InChI is InChI=1S/C13H10ClOS/c14-11-5-7-12(8-6-11)16-13-4-2-1-3-10(13)9-15/h1-7,15H,9H2. The number of rotatable bonds is 3. The van der Waals surface area contributed by atoms with Gasteiger partial charge in [-0.1, -0.05) is 41.6 Å². The van der Waals surface area contributed by atoms with Gasteiger partial charge in [-0.25, -0.2) is 0 Å². The normalized spacial score (nSPS) is 10.4. The van der Waals surface area contributed by atoms with E-state index in [0.717, 1.165) is 15.4 Å². The average molecular weight is 250 g/mol. The minimum atomic E-state index is 0.0523. The average Bonchev–Trinajstić information content (AvgIpc) is 2.33. The Balaban J connectivity index is 2.23. The summed E-state index contributed by atoms with van der Waals surface area (Å²) < 4.78 is 0. The van der Waals surface area contributed by atoms with Crippen molar-refractivity contribution in [3.05, 3.63) is 59.1 Å². The van der Waals surface area contributed by atoms with E-state index in [1.807, 2.05) is 36.4 Å². The molecule has 0 aliphatic carbocycles. The van der Waals surface area contributed by atoms with Crippen LogP contribution in [0.5, 0.6) is 0 Å². The minimum absolute atomic E-state index is 0.0523. The largest absolute Gasteiger partial charge is 0.392 e. The second-order valence-corrected chi connectivity index (χ2v) is 4.76. The van der Waals surface area contributed by atoms with E-state index in [1.165, 1.54) is 0 Å². The summed E-state index contributed by atoms with van der Waals surface area (Å²) in [6.45, 7) is 0.0523. The third-order valence-electron chi connectivity index (χ3n) is 2.11. The van der Waals surface area contributed by atoms with Crippen LogP contribution in [0, 0.1) is 6.07 Å². The van der Waals surface area contributed by atoms with Crippen LogP contribution in [0.2, 0.25) is 5.02 Å². The Morgan fingerprint density at radius 2 is 2.00 bits per heavy atom. The molecule has 0 aromatic heterocycles. The van der Waals surface area contributed by atoms with Crippen LogP contribution < -0.4 is 0 Å². The summed E-state index contributed by atoms with van der Waals surface area (Å²) in [5.74, 6) is 0. The number of hydrogen-bond acceptors (Lipinski definition) is 2. The fraction of sp³-hybridized carbons (Fsp3) is 0.0769. The van der Waals surface area contributed by atoms with Gasteiger partial charge in [0.25, 0.3) is 0 Å². The summed E-state index contributed by atoms with van der Waals surface area (Å²) in [6, 6.07) is 16.4. The second kappa shape index (κ2) is 5.39. The van der Waals surface area contributed by atoms with Crippen molar-refractivity contribution in [2.45, 2.75) is 16.4 Å². The van der Waals surface area contributed by atoms with Gasteiger partial charge >= 0.3 is 0 Å². The molecule has 2 aromatic carbocycles. The molecule has 0 spiro atoms. The number of hydrogen-bond donors (Lipinski definition) is 1. The van der Waals surface area contributed by atoms with Crippen molar-refractivity contribution < 1.29 is 5.11 Å². The van der Waals surface area contributed by atoms with Gasteiger partial charge in [0, 0.05) is 14.8 Å². The van der Waals surface area contributed by atoms with Crippen LogP contribution in [0.1, 0.15) is 5.56 Å². The van der Waals surface area contributed by atoms with E-state index in [0.29, 0.717) is 5.02 Å². The molecule has 2 aromatic rings. The second-order valence-electron chi connectivity index (χ2n) is 3.24. The molecule has 0 heterocycles. The zero-order valence-electron chi connectivity index (χ0n) is 8.48. The minimum Gasteiger partial charge on any atom is -0.392 e. The first-order valence-electron chi connectivity index (χ1n) is 4.83. The first kappa shape index (κ1) is 11.5. The summed E-state index contributed by atoms with van der Waals surface area (Å²) in [7, 11) is 0. The topological polar surface area (TPSA) is 20.2 Å². The lowest BCUT2D eigenvalue weighted by molar-refractivity contribution is 0.279. The predicted octanol–water partition coefficient (Wildman–Crippen LogP) is 3.78. The van der Waals surface area contributed by atoms with E-state index < -0.39 is 0 Å². The van der Waals surface area contributed by atoms with Gasteiger partial charge in [0.2, 0.25) is 0 Å². The maximum Gasteiger partial charge on any atom is 0.0692 e. The molecule has 2 rings (SSSR count). The lowest BCUT2D eigenvalue weighted by atomic mass is 10.2. The monoisotopic (exact) mass is 249 g/mol. The molecule has 0 fully saturated rings. The van der Waals surface area contributed by atoms with Crippen molar-refractivity contribution in [1.29, 1.82) is 0 Å². The number of benzene rings is 2. The third kappa shape index (κ3) is 2.79. The van der Waals surface area contributed by atoms with E-state index in [-0.39, 0.29) is 6.61 Å². The predicted molar refractivity (Wildman–Crippen MR) is 66.8 cm³/mol. The highest BCUT2D eigenvalue weighted by Gasteiger charge is 2.02. The van der Waals surface area contributed by atoms with E-state index in [4.69, 9.17) is 11.6 Å². The lowest BCUT2D eigenvalue weighted by Gasteiger charge is -2.06. The fourth-order valence-electron chi connectivity index (χ4n) is 1.31. The summed E-state index contributed by atoms with van der Waals surface area (Å²) in [6.07, 6.45) is 0. The van der Waals surface area contributed by atoms with Gasteiger partial charge in [0.15, 0.2) is 0 Å². The molecule has 81 valence electrons. The highest BCUT2D eigenvalue weighted by atomic mass is 35.5. The lowest BCUT2D eigenvalue weighted by Crippen LogP contribution is -1.86. The van der Waals surface area contributed by atoms with Crippen molar-refractivity contribution in [2.75, 3.05) is 0 Å². The van der Waals surface area contributed by atoms with Crippen LogP contribution in [0.4, 0.5) is 0 Å². The molecule has 0 saturated heterocycles. The molecular weight excluding hydrogens is 240 g/mol. The zero-order valence-corrected chi connectivity index (χ0v) is 10.1. The Bertz CT molecular complexity index is 468. The molecule has 16 heavy (non-hydrogen) atoms. The van der Waals surface area contributed by atoms with Crippen LogP contribution in [0.15, 0.2) is 52.3 Å².